The van der Waals surface area contributed by atoms with Crippen LogP contribution in [0.2, 0.25) is 0 Å². The van der Waals surface area contributed by atoms with Crippen molar-refractivity contribution >= 4 is 22.7 Å². The lowest BCUT2D eigenvalue weighted by molar-refractivity contribution is -0.141. The van der Waals surface area contributed by atoms with Crippen LogP contribution >= 0.6 is 0 Å². The minimum atomic E-state index is -1.25. The molecule has 0 spiro atoms. The lowest BCUT2D eigenvalue weighted by atomic mass is 10.1. The van der Waals surface area contributed by atoms with Gasteiger partial charge in [-0.05, 0) is 37.5 Å². The largest absolute Gasteiger partial charge is 0.469 e. The molecule has 1 rings (SSSR count). The Hall–Kier alpha value is -0.910. The molecule has 1 fully saturated rings. The molecule has 122 valence electrons. The second kappa shape index (κ2) is 7.92. The maximum absolute atomic E-state index is 12.3. The first kappa shape index (κ1) is 18.1. The van der Waals surface area contributed by atoms with Gasteiger partial charge in [-0.3, -0.25) is 13.8 Å². The molecule has 1 amide bonds. The third-order valence-electron chi connectivity index (χ3n) is 3.94. The van der Waals surface area contributed by atoms with Crippen LogP contribution in [-0.2, 0) is 25.1 Å². The lowest BCUT2D eigenvalue weighted by Gasteiger charge is -2.17. The van der Waals surface area contributed by atoms with Crippen LogP contribution in [0.3, 0.4) is 0 Å². The summed E-state index contributed by atoms with van der Waals surface area (Å²) in [6, 6.07) is 0. The van der Waals surface area contributed by atoms with Crippen LogP contribution in [0, 0.1) is 11.3 Å². The molecule has 0 heterocycles. The maximum atomic E-state index is 12.3. The fourth-order valence-corrected chi connectivity index (χ4v) is 3.67. The number of nitrogens with one attached hydrogen (secondary N) is 1. The van der Waals surface area contributed by atoms with Gasteiger partial charge in [0.15, 0.2) is 0 Å². The summed E-state index contributed by atoms with van der Waals surface area (Å²) in [5.41, 5.74) is -0.204. The van der Waals surface area contributed by atoms with Crippen molar-refractivity contribution in [3.8, 4) is 0 Å². The molecule has 0 radical (unpaired) electrons. The van der Waals surface area contributed by atoms with Gasteiger partial charge < -0.3 is 10.1 Å². The zero-order valence-corrected chi connectivity index (χ0v) is 14.3. The van der Waals surface area contributed by atoms with Crippen molar-refractivity contribution in [3.05, 3.63) is 0 Å². The van der Waals surface area contributed by atoms with Crippen molar-refractivity contribution in [1.82, 2.24) is 5.32 Å². The third kappa shape index (κ3) is 6.16. The number of carbonyl (C=O) groups is 2. The average molecular weight is 317 g/mol. The van der Waals surface area contributed by atoms with E-state index in [9.17, 15) is 13.8 Å². The van der Waals surface area contributed by atoms with Crippen LogP contribution in [-0.4, -0.2) is 40.7 Å². The van der Waals surface area contributed by atoms with Gasteiger partial charge in [-0.1, -0.05) is 13.8 Å². The summed E-state index contributed by atoms with van der Waals surface area (Å²) in [7, 11) is 0.107. The molecule has 0 aromatic heterocycles. The van der Waals surface area contributed by atoms with Gasteiger partial charge in [-0.25, -0.2) is 0 Å². The van der Waals surface area contributed by atoms with E-state index in [1.165, 1.54) is 7.11 Å². The van der Waals surface area contributed by atoms with Crippen molar-refractivity contribution in [2.45, 2.75) is 51.7 Å². The molecule has 0 aromatic carbocycles. The second-order valence-electron chi connectivity index (χ2n) is 6.39. The number of hydrogen-bond acceptors (Lipinski definition) is 4. The summed E-state index contributed by atoms with van der Waals surface area (Å²) < 4.78 is 17.0. The molecule has 1 aliphatic rings. The zero-order valence-electron chi connectivity index (χ0n) is 13.4. The van der Waals surface area contributed by atoms with E-state index < -0.39 is 16.0 Å². The summed E-state index contributed by atoms with van der Waals surface area (Å²) in [6.45, 7) is 6.50. The van der Waals surface area contributed by atoms with E-state index in [0.29, 0.717) is 24.6 Å². The summed E-state index contributed by atoms with van der Waals surface area (Å²) in [5, 5.41) is 2.29. The van der Waals surface area contributed by atoms with E-state index in [4.69, 9.17) is 0 Å². The normalized spacial score (nSPS) is 18.9. The van der Waals surface area contributed by atoms with Crippen LogP contribution in [0.15, 0.2) is 0 Å². The Morgan fingerprint density at radius 2 is 1.90 bits per heavy atom. The van der Waals surface area contributed by atoms with E-state index in [2.05, 4.69) is 23.9 Å². The summed E-state index contributed by atoms with van der Waals surface area (Å²) >= 11 is 0. The SMILES string of the molecule is COC(=O)CC1(CS(=O)C(C)C(=O)NCCC(C)C)CC1. The molecule has 1 saturated carbocycles. The van der Waals surface area contributed by atoms with Crippen molar-refractivity contribution in [1.29, 1.82) is 0 Å². The first-order valence-electron chi connectivity index (χ1n) is 7.51. The quantitative estimate of drug-likeness (QED) is 0.656. The Balaban J connectivity index is 2.40. The molecule has 0 saturated heterocycles. The number of amides is 1. The van der Waals surface area contributed by atoms with Crippen LogP contribution < -0.4 is 5.32 Å². The van der Waals surface area contributed by atoms with E-state index in [-0.39, 0.29) is 17.3 Å². The summed E-state index contributed by atoms with van der Waals surface area (Å²) in [5.74, 6) is 0.503. The van der Waals surface area contributed by atoms with Gasteiger partial charge in [0.2, 0.25) is 5.91 Å². The minimum absolute atomic E-state index is 0.164. The standard InChI is InChI=1S/C15H27NO4S/c1-11(2)5-8-16-14(18)12(3)21(19)10-15(6-7-15)9-13(17)20-4/h11-12H,5-10H2,1-4H3,(H,16,18). The fourth-order valence-electron chi connectivity index (χ4n) is 2.10. The molecule has 21 heavy (non-hydrogen) atoms. The van der Waals surface area contributed by atoms with Gasteiger partial charge in [0.1, 0.15) is 5.25 Å². The number of methoxy groups -OCH3 is 1. The average Bonchev–Trinajstić information content (AvgIpc) is 3.16. The van der Waals surface area contributed by atoms with Crippen molar-refractivity contribution in [3.63, 3.8) is 0 Å². The number of carbonyl (C=O) groups excluding carboxylic acids is 2. The van der Waals surface area contributed by atoms with Crippen LogP contribution in [0.1, 0.15) is 46.5 Å². The summed E-state index contributed by atoms with van der Waals surface area (Å²) in [4.78, 5) is 23.3. The predicted molar refractivity (Wildman–Crippen MR) is 83.2 cm³/mol. The molecule has 1 aliphatic carbocycles. The van der Waals surface area contributed by atoms with Gasteiger partial charge in [0, 0.05) is 23.1 Å². The van der Waals surface area contributed by atoms with Gasteiger partial charge in [0.25, 0.3) is 0 Å². The smallest absolute Gasteiger partial charge is 0.306 e. The van der Waals surface area contributed by atoms with Gasteiger partial charge in [0.05, 0.1) is 13.5 Å². The third-order valence-corrected chi connectivity index (χ3v) is 5.84. The Labute approximate surface area is 129 Å². The van der Waals surface area contributed by atoms with Crippen LogP contribution in [0.4, 0.5) is 0 Å². The number of ether oxygens (including phenoxy) is 1. The Bertz CT molecular complexity index is 404. The van der Waals surface area contributed by atoms with Crippen molar-refractivity contribution in [2.75, 3.05) is 19.4 Å². The zero-order chi connectivity index (χ0) is 16.0. The molecule has 6 heteroatoms. The van der Waals surface area contributed by atoms with E-state index in [1.54, 1.807) is 6.92 Å². The monoisotopic (exact) mass is 317 g/mol. The highest BCUT2D eigenvalue weighted by Gasteiger charge is 2.46. The van der Waals surface area contributed by atoms with Gasteiger partial charge in [-0.15, -0.1) is 0 Å². The Morgan fingerprint density at radius 1 is 1.29 bits per heavy atom. The van der Waals surface area contributed by atoms with Crippen molar-refractivity contribution < 1.29 is 18.5 Å². The predicted octanol–water partition coefficient (Wildman–Crippen LogP) is 1.63. The van der Waals surface area contributed by atoms with E-state index in [1.807, 2.05) is 0 Å². The highest BCUT2D eigenvalue weighted by atomic mass is 32.2. The molecule has 0 bridgehead atoms. The number of hydrogen-bond donors (Lipinski definition) is 1. The van der Waals surface area contributed by atoms with Crippen molar-refractivity contribution in [2.24, 2.45) is 11.3 Å². The molecule has 0 aromatic rings. The molecule has 2 atom stereocenters. The number of rotatable bonds is 9. The molecule has 0 aliphatic heterocycles. The van der Waals surface area contributed by atoms with E-state index in [0.717, 1.165) is 19.3 Å². The maximum Gasteiger partial charge on any atom is 0.306 e. The molecule has 2 unspecified atom stereocenters. The van der Waals surface area contributed by atoms with Crippen LogP contribution in [0.5, 0.6) is 0 Å². The highest BCUT2D eigenvalue weighted by Crippen LogP contribution is 2.49. The van der Waals surface area contributed by atoms with Gasteiger partial charge in [-0.2, -0.15) is 0 Å². The Kier molecular flexibility index (Phi) is 6.84. The summed E-state index contributed by atoms with van der Waals surface area (Å²) in [6.07, 6.45) is 2.99. The topological polar surface area (TPSA) is 72.5 Å². The second-order valence-corrected chi connectivity index (χ2v) is 8.15. The number of esters is 1. The Morgan fingerprint density at radius 3 is 2.38 bits per heavy atom. The first-order valence-corrected chi connectivity index (χ1v) is 8.89. The minimum Gasteiger partial charge on any atom is -0.469 e. The highest BCUT2D eigenvalue weighted by molar-refractivity contribution is 7.86. The molecule has 5 nitrogen and oxygen atoms in total. The first-order chi connectivity index (χ1) is 9.79. The molecular weight excluding hydrogens is 290 g/mol. The van der Waals surface area contributed by atoms with Gasteiger partial charge >= 0.3 is 5.97 Å². The van der Waals surface area contributed by atoms with Crippen LogP contribution in [0.25, 0.3) is 0 Å². The van der Waals surface area contributed by atoms with E-state index >= 15 is 0 Å². The fraction of sp³-hybridized carbons (Fsp3) is 0.867. The molecule has 1 N–H and O–H groups in total. The molecular formula is C15H27NO4S. The lowest BCUT2D eigenvalue weighted by Crippen LogP contribution is -2.38.